The topological polar surface area (TPSA) is 25.4 Å². The van der Waals surface area contributed by atoms with Gasteiger partial charge in [-0.05, 0) is 18.1 Å². The van der Waals surface area contributed by atoms with E-state index in [9.17, 15) is 0 Å². The van der Waals surface area contributed by atoms with Gasteiger partial charge in [0.05, 0.1) is 29.3 Å². The molecule has 1 aromatic carbocycles. The van der Waals surface area contributed by atoms with Gasteiger partial charge in [-0.1, -0.05) is 24.3 Å². The molecule has 0 N–H and O–H groups in total. The van der Waals surface area contributed by atoms with Crippen LogP contribution in [0.15, 0.2) is 29.8 Å². The summed E-state index contributed by atoms with van der Waals surface area (Å²) in [5.74, 6) is 0. The van der Waals surface area contributed by atoms with Crippen molar-refractivity contribution in [3.05, 3.63) is 41.0 Å². The van der Waals surface area contributed by atoms with Gasteiger partial charge in [0, 0.05) is 19.6 Å². The first kappa shape index (κ1) is 12.8. The molecule has 3 rings (SSSR count). The summed E-state index contributed by atoms with van der Waals surface area (Å²) < 4.78 is 5.37. The molecule has 19 heavy (non-hydrogen) atoms. The van der Waals surface area contributed by atoms with Crippen LogP contribution in [0.1, 0.15) is 11.3 Å². The van der Waals surface area contributed by atoms with E-state index in [0.29, 0.717) is 0 Å². The Labute approximate surface area is 117 Å². The molecule has 1 aliphatic heterocycles. The van der Waals surface area contributed by atoms with E-state index in [4.69, 9.17) is 4.74 Å². The minimum absolute atomic E-state index is 0.859. The van der Waals surface area contributed by atoms with Gasteiger partial charge in [0.25, 0.3) is 0 Å². The number of hydrogen-bond acceptors (Lipinski definition) is 4. The zero-order valence-corrected chi connectivity index (χ0v) is 11.9. The van der Waals surface area contributed by atoms with Crippen LogP contribution in [0.5, 0.6) is 0 Å². The average Bonchev–Trinajstić information content (AvgIpc) is 2.87. The molecule has 1 saturated heterocycles. The lowest BCUT2D eigenvalue weighted by Crippen LogP contribution is -2.35. The maximum atomic E-state index is 5.37. The molecular formula is C15H18N2OS. The lowest BCUT2D eigenvalue weighted by molar-refractivity contribution is 0.0342. The molecule has 1 aromatic heterocycles. The van der Waals surface area contributed by atoms with Gasteiger partial charge in [-0.3, -0.25) is 4.90 Å². The van der Waals surface area contributed by atoms with Gasteiger partial charge in [-0.15, -0.1) is 11.3 Å². The Kier molecular flexibility index (Phi) is 3.92. The largest absolute Gasteiger partial charge is 0.379 e. The molecule has 0 radical (unpaired) electrons. The Bertz CT molecular complexity index is 529. The van der Waals surface area contributed by atoms with E-state index in [1.165, 1.54) is 16.0 Å². The quantitative estimate of drug-likeness (QED) is 0.860. The summed E-state index contributed by atoms with van der Waals surface area (Å²) in [6.07, 6.45) is 0. The molecule has 0 bridgehead atoms. The number of benzene rings is 1. The molecule has 0 saturated carbocycles. The Morgan fingerprint density at radius 3 is 2.58 bits per heavy atom. The molecule has 0 unspecified atom stereocenters. The SMILES string of the molecule is Cc1ncsc1-c1ccc(CN2CCOCC2)cc1. The van der Waals surface area contributed by atoms with Crippen LogP contribution in [-0.4, -0.2) is 36.2 Å². The second-order valence-electron chi connectivity index (χ2n) is 4.85. The molecule has 1 fully saturated rings. The number of nitrogens with zero attached hydrogens (tertiary/aromatic N) is 2. The van der Waals surface area contributed by atoms with Gasteiger partial charge in [0.15, 0.2) is 0 Å². The average molecular weight is 274 g/mol. The Morgan fingerprint density at radius 2 is 1.95 bits per heavy atom. The van der Waals surface area contributed by atoms with Crippen LogP contribution in [0.4, 0.5) is 0 Å². The van der Waals surface area contributed by atoms with E-state index in [1.54, 1.807) is 11.3 Å². The fourth-order valence-corrected chi connectivity index (χ4v) is 3.17. The highest BCUT2D eigenvalue weighted by molar-refractivity contribution is 7.13. The predicted octanol–water partition coefficient (Wildman–Crippen LogP) is 2.95. The van der Waals surface area contributed by atoms with Crippen molar-refractivity contribution in [1.82, 2.24) is 9.88 Å². The number of ether oxygens (including phenoxy) is 1. The van der Waals surface area contributed by atoms with Crippen LogP contribution >= 0.6 is 11.3 Å². The molecule has 4 heteroatoms. The number of aromatic nitrogens is 1. The first-order valence-corrected chi connectivity index (χ1v) is 7.50. The molecule has 1 aliphatic rings. The Morgan fingerprint density at radius 1 is 1.21 bits per heavy atom. The van der Waals surface area contributed by atoms with Gasteiger partial charge in [0.1, 0.15) is 0 Å². The molecular weight excluding hydrogens is 256 g/mol. The molecule has 0 spiro atoms. The van der Waals surface area contributed by atoms with Crippen LogP contribution in [-0.2, 0) is 11.3 Å². The van der Waals surface area contributed by atoms with Gasteiger partial charge < -0.3 is 4.74 Å². The smallest absolute Gasteiger partial charge is 0.0801 e. The number of rotatable bonds is 3. The van der Waals surface area contributed by atoms with E-state index in [0.717, 1.165) is 38.5 Å². The molecule has 100 valence electrons. The summed E-state index contributed by atoms with van der Waals surface area (Å²) in [7, 11) is 0. The number of thiazole rings is 1. The molecule has 2 heterocycles. The summed E-state index contributed by atoms with van der Waals surface area (Å²) in [5.41, 5.74) is 5.66. The summed E-state index contributed by atoms with van der Waals surface area (Å²) >= 11 is 1.71. The van der Waals surface area contributed by atoms with Crippen molar-refractivity contribution in [2.75, 3.05) is 26.3 Å². The maximum Gasteiger partial charge on any atom is 0.0801 e. The van der Waals surface area contributed by atoms with Crippen LogP contribution in [0.2, 0.25) is 0 Å². The van der Waals surface area contributed by atoms with E-state index < -0.39 is 0 Å². The minimum atomic E-state index is 0.859. The van der Waals surface area contributed by atoms with Gasteiger partial charge >= 0.3 is 0 Å². The maximum absolute atomic E-state index is 5.37. The number of morpholine rings is 1. The summed E-state index contributed by atoms with van der Waals surface area (Å²) in [6.45, 7) is 6.88. The third-order valence-electron chi connectivity index (χ3n) is 3.47. The van der Waals surface area contributed by atoms with Gasteiger partial charge in [-0.25, -0.2) is 4.98 Å². The Balaban J connectivity index is 1.70. The summed E-state index contributed by atoms with van der Waals surface area (Å²) in [6, 6.07) is 8.86. The third kappa shape index (κ3) is 3.03. The number of hydrogen-bond donors (Lipinski definition) is 0. The van der Waals surface area contributed by atoms with E-state index in [-0.39, 0.29) is 0 Å². The lowest BCUT2D eigenvalue weighted by atomic mass is 10.1. The van der Waals surface area contributed by atoms with E-state index in [2.05, 4.69) is 41.1 Å². The van der Waals surface area contributed by atoms with Crippen molar-refractivity contribution in [3.8, 4) is 10.4 Å². The van der Waals surface area contributed by atoms with Crippen LogP contribution in [0, 0.1) is 6.92 Å². The monoisotopic (exact) mass is 274 g/mol. The van der Waals surface area contributed by atoms with Crippen molar-refractivity contribution >= 4 is 11.3 Å². The van der Waals surface area contributed by atoms with Gasteiger partial charge in [-0.2, -0.15) is 0 Å². The van der Waals surface area contributed by atoms with E-state index >= 15 is 0 Å². The highest BCUT2D eigenvalue weighted by Crippen LogP contribution is 2.27. The second kappa shape index (κ2) is 5.82. The normalized spacial score (nSPS) is 16.7. The first-order valence-electron chi connectivity index (χ1n) is 6.62. The van der Waals surface area contributed by atoms with Crippen LogP contribution in [0.25, 0.3) is 10.4 Å². The van der Waals surface area contributed by atoms with E-state index in [1.807, 2.05) is 5.51 Å². The molecule has 0 amide bonds. The zero-order chi connectivity index (χ0) is 13.1. The highest BCUT2D eigenvalue weighted by Gasteiger charge is 2.11. The van der Waals surface area contributed by atoms with Crippen LogP contribution in [0.3, 0.4) is 0 Å². The van der Waals surface area contributed by atoms with Crippen LogP contribution < -0.4 is 0 Å². The second-order valence-corrected chi connectivity index (χ2v) is 5.71. The fourth-order valence-electron chi connectivity index (χ4n) is 2.36. The van der Waals surface area contributed by atoms with Crippen molar-refractivity contribution in [2.24, 2.45) is 0 Å². The van der Waals surface area contributed by atoms with Crippen molar-refractivity contribution in [3.63, 3.8) is 0 Å². The highest BCUT2D eigenvalue weighted by atomic mass is 32.1. The predicted molar refractivity (Wildman–Crippen MR) is 78.4 cm³/mol. The lowest BCUT2D eigenvalue weighted by Gasteiger charge is -2.26. The summed E-state index contributed by atoms with van der Waals surface area (Å²) in [4.78, 5) is 8.02. The fraction of sp³-hybridized carbons (Fsp3) is 0.400. The summed E-state index contributed by atoms with van der Waals surface area (Å²) in [5, 5.41) is 0. The van der Waals surface area contributed by atoms with Gasteiger partial charge in [0.2, 0.25) is 0 Å². The molecule has 0 atom stereocenters. The minimum Gasteiger partial charge on any atom is -0.379 e. The third-order valence-corrected chi connectivity index (χ3v) is 4.45. The van der Waals surface area contributed by atoms with Crippen molar-refractivity contribution < 1.29 is 4.74 Å². The standard InChI is InChI=1S/C15H18N2OS/c1-12-15(19-11-16-12)14-4-2-13(3-5-14)10-17-6-8-18-9-7-17/h2-5,11H,6-10H2,1H3. The molecule has 2 aromatic rings. The van der Waals surface area contributed by atoms with Crippen molar-refractivity contribution in [1.29, 1.82) is 0 Å². The molecule has 0 aliphatic carbocycles. The Hall–Kier alpha value is -1.23. The zero-order valence-electron chi connectivity index (χ0n) is 11.1. The molecule has 3 nitrogen and oxygen atoms in total. The first-order chi connectivity index (χ1) is 9.33. The van der Waals surface area contributed by atoms with Crippen molar-refractivity contribution in [2.45, 2.75) is 13.5 Å². The number of aryl methyl sites for hydroxylation is 1.